The fourth-order valence-corrected chi connectivity index (χ4v) is 3.11. The fraction of sp³-hybridized carbons (Fsp3) is 0.222. The highest BCUT2D eigenvalue weighted by Crippen LogP contribution is 2.33. The average Bonchev–Trinajstić information content (AvgIpc) is 2.81. The van der Waals surface area contributed by atoms with E-state index < -0.39 is 5.97 Å². The third kappa shape index (κ3) is 4.29. The summed E-state index contributed by atoms with van der Waals surface area (Å²) >= 11 is 1.33. The maximum Gasteiger partial charge on any atom is 0.341 e. The third-order valence-electron chi connectivity index (χ3n) is 3.40. The summed E-state index contributed by atoms with van der Waals surface area (Å²) in [4.78, 5) is 25.1. The molecular weight excluding hydrogens is 329 g/mol. The number of aryl methyl sites for hydroxylation is 1. The van der Waals surface area contributed by atoms with Gasteiger partial charge in [-0.05, 0) is 50.1 Å². The Bertz CT molecular complexity index is 778. The van der Waals surface area contributed by atoms with Gasteiger partial charge in [0.25, 0.3) is 0 Å². The zero-order valence-corrected chi connectivity index (χ0v) is 14.5. The van der Waals surface area contributed by atoms with E-state index in [0.717, 1.165) is 10.4 Å². The number of hydrogen-bond donors (Lipinski definition) is 1. The summed E-state index contributed by atoms with van der Waals surface area (Å²) < 4.78 is 17.9. The van der Waals surface area contributed by atoms with Gasteiger partial charge in [0.2, 0.25) is 5.91 Å². The first-order valence-corrected chi connectivity index (χ1v) is 8.25. The van der Waals surface area contributed by atoms with E-state index in [1.165, 1.54) is 29.5 Å². The lowest BCUT2D eigenvalue weighted by atomic mass is 10.1. The number of nitrogens with one attached hydrogen (secondary N) is 1. The van der Waals surface area contributed by atoms with Crippen LogP contribution in [0.1, 0.15) is 33.3 Å². The minimum Gasteiger partial charge on any atom is -0.462 e. The number of hydrogen-bond acceptors (Lipinski definition) is 4. The van der Waals surface area contributed by atoms with E-state index in [1.54, 1.807) is 25.1 Å². The van der Waals surface area contributed by atoms with Crippen LogP contribution in [0.25, 0.3) is 6.08 Å². The van der Waals surface area contributed by atoms with Crippen LogP contribution in [0.4, 0.5) is 9.39 Å². The molecule has 1 heterocycles. The highest BCUT2D eigenvalue weighted by atomic mass is 32.1. The highest BCUT2D eigenvalue weighted by molar-refractivity contribution is 7.16. The molecule has 1 amide bonds. The largest absolute Gasteiger partial charge is 0.462 e. The molecule has 2 rings (SSSR count). The summed E-state index contributed by atoms with van der Waals surface area (Å²) in [6, 6.07) is 5.79. The van der Waals surface area contributed by atoms with Crippen molar-refractivity contribution >= 4 is 34.3 Å². The Balaban J connectivity index is 2.15. The Morgan fingerprint density at radius 3 is 2.54 bits per heavy atom. The van der Waals surface area contributed by atoms with Crippen LogP contribution in [0.5, 0.6) is 0 Å². The quantitative estimate of drug-likeness (QED) is 0.647. The molecule has 1 N–H and O–H groups in total. The van der Waals surface area contributed by atoms with E-state index in [9.17, 15) is 14.0 Å². The molecule has 4 nitrogen and oxygen atoms in total. The van der Waals surface area contributed by atoms with Gasteiger partial charge in [0.05, 0.1) is 12.2 Å². The zero-order chi connectivity index (χ0) is 17.7. The molecule has 0 saturated carbocycles. The van der Waals surface area contributed by atoms with Gasteiger partial charge in [0, 0.05) is 11.0 Å². The molecule has 2 aromatic rings. The molecule has 126 valence electrons. The lowest BCUT2D eigenvalue weighted by Crippen LogP contribution is -2.12. The second kappa shape index (κ2) is 7.88. The van der Waals surface area contributed by atoms with Gasteiger partial charge in [-0.25, -0.2) is 9.18 Å². The van der Waals surface area contributed by atoms with Gasteiger partial charge >= 0.3 is 5.97 Å². The summed E-state index contributed by atoms with van der Waals surface area (Å²) in [5.74, 6) is -1.15. The van der Waals surface area contributed by atoms with Crippen LogP contribution in [0.2, 0.25) is 0 Å². The number of carbonyl (C=O) groups excluding carboxylic acids is 2. The number of benzene rings is 1. The Labute approximate surface area is 144 Å². The summed E-state index contributed by atoms with van der Waals surface area (Å²) in [6.45, 7) is 5.70. The van der Waals surface area contributed by atoms with Crippen LogP contribution < -0.4 is 5.32 Å². The molecule has 6 heteroatoms. The normalized spacial score (nSPS) is 10.8. The molecule has 0 aliphatic heterocycles. The van der Waals surface area contributed by atoms with Crippen molar-refractivity contribution in [3.05, 3.63) is 57.7 Å². The Hall–Kier alpha value is -2.47. The number of anilines is 1. The maximum absolute atomic E-state index is 12.9. The monoisotopic (exact) mass is 347 g/mol. The SMILES string of the molecule is CCOC(=O)c1c(NC(=O)/C=C/c2ccc(F)cc2)sc(C)c1C. The van der Waals surface area contributed by atoms with Gasteiger partial charge < -0.3 is 10.1 Å². The van der Waals surface area contributed by atoms with Crippen LogP contribution in [0, 0.1) is 19.7 Å². The molecule has 0 radical (unpaired) electrons. The highest BCUT2D eigenvalue weighted by Gasteiger charge is 2.21. The minimum atomic E-state index is -0.447. The third-order valence-corrected chi connectivity index (χ3v) is 4.52. The molecule has 0 bridgehead atoms. The van der Waals surface area contributed by atoms with E-state index >= 15 is 0 Å². The van der Waals surface area contributed by atoms with Crippen LogP contribution >= 0.6 is 11.3 Å². The number of halogens is 1. The molecule has 0 spiro atoms. The van der Waals surface area contributed by atoms with Crippen LogP contribution in [0.15, 0.2) is 30.3 Å². The average molecular weight is 347 g/mol. The van der Waals surface area contributed by atoms with Crippen molar-refractivity contribution in [3.8, 4) is 0 Å². The summed E-state index contributed by atoms with van der Waals surface area (Å²) in [7, 11) is 0. The number of esters is 1. The Kier molecular flexibility index (Phi) is 5.87. The van der Waals surface area contributed by atoms with E-state index in [2.05, 4.69) is 5.32 Å². The second-order valence-electron chi connectivity index (χ2n) is 5.08. The molecule has 1 aromatic carbocycles. The van der Waals surface area contributed by atoms with E-state index in [4.69, 9.17) is 4.74 Å². The van der Waals surface area contributed by atoms with Crippen molar-refractivity contribution in [1.29, 1.82) is 0 Å². The van der Waals surface area contributed by atoms with Crippen LogP contribution in [-0.4, -0.2) is 18.5 Å². The Morgan fingerprint density at radius 2 is 1.92 bits per heavy atom. The number of rotatable bonds is 5. The first-order valence-electron chi connectivity index (χ1n) is 7.44. The lowest BCUT2D eigenvalue weighted by molar-refractivity contribution is -0.111. The Morgan fingerprint density at radius 1 is 1.25 bits per heavy atom. The number of carbonyl (C=O) groups is 2. The number of thiophene rings is 1. The van der Waals surface area contributed by atoms with Crippen LogP contribution in [0.3, 0.4) is 0 Å². The van der Waals surface area contributed by atoms with Gasteiger partial charge in [-0.2, -0.15) is 0 Å². The molecule has 0 saturated heterocycles. The number of amides is 1. The van der Waals surface area contributed by atoms with Crippen molar-refractivity contribution < 1.29 is 18.7 Å². The van der Waals surface area contributed by atoms with E-state index in [1.807, 2.05) is 13.8 Å². The lowest BCUT2D eigenvalue weighted by Gasteiger charge is -2.05. The van der Waals surface area contributed by atoms with Gasteiger partial charge in [-0.1, -0.05) is 12.1 Å². The van der Waals surface area contributed by atoms with Gasteiger partial charge in [-0.15, -0.1) is 11.3 Å². The molecule has 0 unspecified atom stereocenters. The topological polar surface area (TPSA) is 55.4 Å². The summed E-state index contributed by atoms with van der Waals surface area (Å²) in [6.07, 6.45) is 2.92. The predicted molar refractivity (Wildman–Crippen MR) is 93.8 cm³/mol. The maximum atomic E-state index is 12.9. The first kappa shape index (κ1) is 17.9. The summed E-state index contributed by atoms with van der Waals surface area (Å²) in [5.41, 5.74) is 1.90. The van der Waals surface area contributed by atoms with Crippen molar-refractivity contribution in [2.75, 3.05) is 11.9 Å². The van der Waals surface area contributed by atoms with E-state index in [0.29, 0.717) is 16.1 Å². The molecule has 0 fully saturated rings. The standard InChI is InChI=1S/C18H18FNO3S/c1-4-23-18(22)16-11(2)12(3)24-17(16)20-15(21)10-7-13-5-8-14(19)9-6-13/h5-10H,4H2,1-3H3,(H,20,21)/b10-7+. The number of ether oxygens (including phenoxy) is 1. The zero-order valence-electron chi connectivity index (χ0n) is 13.7. The second-order valence-corrected chi connectivity index (χ2v) is 6.31. The van der Waals surface area contributed by atoms with Gasteiger partial charge in [-0.3, -0.25) is 4.79 Å². The smallest absolute Gasteiger partial charge is 0.341 e. The molecule has 0 aliphatic rings. The molecule has 0 aliphatic carbocycles. The van der Waals surface area contributed by atoms with Gasteiger partial charge in [0.15, 0.2) is 0 Å². The van der Waals surface area contributed by atoms with Crippen molar-refractivity contribution in [1.82, 2.24) is 0 Å². The summed E-state index contributed by atoms with van der Waals surface area (Å²) in [5, 5.41) is 3.18. The van der Waals surface area contributed by atoms with Crippen molar-refractivity contribution in [2.24, 2.45) is 0 Å². The molecule has 0 atom stereocenters. The minimum absolute atomic E-state index is 0.269. The van der Waals surface area contributed by atoms with Gasteiger partial charge in [0.1, 0.15) is 10.8 Å². The molecule has 24 heavy (non-hydrogen) atoms. The van der Waals surface area contributed by atoms with Crippen molar-refractivity contribution in [3.63, 3.8) is 0 Å². The molecule has 1 aromatic heterocycles. The molecular formula is C18H18FNO3S. The van der Waals surface area contributed by atoms with Crippen molar-refractivity contribution in [2.45, 2.75) is 20.8 Å². The fourth-order valence-electron chi connectivity index (χ4n) is 2.06. The first-order chi connectivity index (χ1) is 11.4. The predicted octanol–water partition coefficient (Wildman–Crippen LogP) is 4.33. The van der Waals surface area contributed by atoms with E-state index in [-0.39, 0.29) is 18.3 Å². The van der Waals surface area contributed by atoms with Crippen LogP contribution in [-0.2, 0) is 9.53 Å².